The van der Waals surface area contributed by atoms with E-state index >= 15 is 0 Å². The standard InChI is InChI=1S/C50H84O43/c51-2-11(59)36-35(10(58)1-50(78,93-36)49(76)77)87-46-34(75)39(90-43-31(72)25(66)20(61)13(4-53)81-43)38(89-48-41(28(69)23(64)16(7-56)84-48)92-44-32(73)26(67)21(62)14(5-54)82-44)18(86-46)9-79-47-40(27(68)22(63)15(6-55)83-47)91-45-33(74)29(70)37(17(8-57)85-45)88-42-30(71)24(65)19(60)12(3-52)80-42/h10-48,51-75,78H,1-9H2,(H,76,77)/t10-,11-,12-,13-,14-,15-,16-,17-,18-,19+,20-,21-,22-,23-,24+,25+,26+,27+,28+,29-,30-,31-,32-,33-,34-,35-,36-,37-,38-,39-,40-,41-,42+,43+,44-,45-,46-,47-,48+,50-/m1/s1. The summed E-state index contributed by atoms with van der Waals surface area (Å²) in [6.07, 6.45) is -86.2. The second kappa shape index (κ2) is 32.4. The number of carbonyl (C=O) groups is 1. The van der Waals surface area contributed by atoms with E-state index in [0.29, 0.717) is 0 Å². The molecule has 0 unspecified atom stereocenters. The molecule has 0 radical (unpaired) electrons. The van der Waals surface area contributed by atoms with Crippen molar-refractivity contribution in [1.82, 2.24) is 0 Å². The van der Waals surface area contributed by atoms with E-state index in [1.807, 2.05) is 0 Å². The molecule has 0 aliphatic carbocycles. The molecule has 8 aliphatic heterocycles. The van der Waals surface area contributed by atoms with Crippen LogP contribution in [-0.2, 0) is 75.8 Å². The van der Waals surface area contributed by atoms with Crippen molar-refractivity contribution < 1.29 is 214 Å². The van der Waals surface area contributed by atoms with Crippen LogP contribution in [0.4, 0.5) is 0 Å². The first-order valence-electron chi connectivity index (χ1n) is 29.2. The quantitative estimate of drug-likeness (QED) is 0.0427. The molecule has 0 spiro atoms. The third-order valence-electron chi connectivity index (χ3n) is 17.2. The van der Waals surface area contributed by atoms with Crippen LogP contribution >= 0.6 is 0 Å². The van der Waals surface area contributed by atoms with Gasteiger partial charge in [-0.3, -0.25) is 0 Å². The van der Waals surface area contributed by atoms with E-state index in [2.05, 4.69) is 0 Å². The van der Waals surface area contributed by atoms with Gasteiger partial charge in [-0.2, -0.15) is 0 Å². The summed E-state index contributed by atoms with van der Waals surface area (Å²) in [5.74, 6) is -5.43. The number of ether oxygens (including phenoxy) is 15. The van der Waals surface area contributed by atoms with Crippen LogP contribution in [0.15, 0.2) is 0 Å². The van der Waals surface area contributed by atoms with Crippen LogP contribution in [0.1, 0.15) is 6.42 Å². The zero-order chi connectivity index (χ0) is 68.6. The largest absolute Gasteiger partial charge is 0.477 e. The maximum absolute atomic E-state index is 12.5. The summed E-state index contributed by atoms with van der Waals surface area (Å²) in [6, 6.07) is 0. The second-order valence-electron chi connectivity index (χ2n) is 23.4. The maximum Gasteiger partial charge on any atom is 0.364 e. The number of carboxylic acids is 1. The van der Waals surface area contributed by atoms with E-state index in [-0.39, 0.29) is 0 Å². The van der Waals surface area contributed by atoms with Crippen molar-refractivity contribution >= 4 is 5.97 Å². The molecule has 27 N–H and O–H groups in total. The molecule has 8 aliphatic rings. The Bertz CT molecular complexity index is 2300. The Morgan fingerprint density at radius 2 is 0.667 bits per heavy atom. The summed E-state index contributed by atoms with van der Waals surface area (Å²) in [5, 5.41) is 292. The Morgan fingerprint density at radius 3 is 1.09 bits per heavy atom. The first-order valence-corrected chi connectivity index (χ1v) is 29.2. The average Bonchev–Trinajstić information content (AvgIpc) is 0.787. The lowest BCUT2D eigenvalue weighted by Gasteiger charge is -2.51. The predicted molar refractivity (Wildman–Crippen MR) is 276 cm³/mol. The number of hydrogen-bond donors (Lipinski definition) is 27. The highest BCUT2D eigenvalue weighted by molar-refractivity contribution is 5.75. The molecule has 0 aromatic carbocycles. The van der Waals surface area contributed by atoms with Crippen LogP contribution in [0, 0.1) is 0 Å². The van der Waals surface area contributed by atoms with Crippen molar-refractivity contribution in [3.63, 3.8) is 0 Å². The van der Waals surface area contributed by atoms with E-state index in [1.165, 1.54) is 0 Å². The molecule has 0 aromatic rings. The Balaban J connectivity index is 1.18. The molecule has 542 valence electrons. The molecule has 43 nitrogen and oxygen atoms in total. The number of aliphatic hydroxyl groups is 26. The first kappa shape index (κ1) is 76.6. The number of hydrogen-bond acceptors (Lipinski definition) is 42. The molecule has 8 saturated heterocycles. The minimum atomic E-state index is -3.31. The van der Waals surface area contributed by atoms with Crippen LogP contribution < -0.4 is 0 Å². The van der Waals surface area contributed by atoms with Gasteiger partial charge >= 0.3 is 5.97 Å². The van der Waals surface area contributed by atoms with Gasteiger partial charge in [0.2, 0.25) is 0 Å². The van der Waals surface area contributed by atoms with E-state index in [4.69, 9.17) is 71.1 Å². The summed E-state index contributed by atoms with van der Waals surface area (Å²) in [5.41, 5.74) is 0. The fourth-order valence-electron chi connectivity index (χ4n) is 11.8. The van der Waals surface area contributed by atoms with Gasteiger partial charge in [0.1, 0.15) is 189 Å². The van der Waals surface area contributed by atoms with Gasteiger partial charge in [-0.1, -0.05) is 0 Å². The minimum Gasteiger partial charge on any atom is -0.477 e. The Labute approximate surface area is 523 Å². The number of aliphatic carboxylic acids is 1. The molecule has 0 amide bonds. The Hall–Kier alpha value is -2.17. The van der Waals surface area contributed by atoms with Crippen molar-refractivity contribution in [2.75, 3.05) is 52.9 Å². The zero-order valence-electron chi connectivity index (χ0n) is 48.5. The highest BCUT2D eigenvalue weighted by Crippen LogP contribution is 2.41. The van der Waals surface area contributed by atoms with Gasteiger partial charge in [0, 0.05) is 6.42 Å². The third-order valence-corrected chi connectivity index (χ3v) is 17.2. The maximum atomic E-state index is 12.5. The van der Waals surface area contributed by atoms with Gasteiger partial charge in [-0.15, -0.1) is 0 Å². The Morgan fingerprint density at radius 1 is 0.355 bits per heavy atom. The molecule has 0 bridgehead atoms. The smallest absolute Gasteiger partial charge is 0.364 e. The molecule has 8 fully saturated rings. The summed E-state index contributed by atoms with van der Waals surface area (Å²) in [7, 11) is 0. The molecule has 8 rings (SSSR count). The van der Waals surface area contributed by atoms with Crippen LogP contribution in [-0.4, -0.2) is 442 Å². The van der Waals surface area contributed by atoms with Crippen LogP contribution in [0.3, 0.4) is 0 Å². The lowest BCUT2D eigenvalue weighted by Crippen LogP contribution is -2.69. The molecule has 0 saturated carbocycles. The summed E-state index contributed by atoms with van der Waals surface area (Å²) in [6.45, 7) is -9.14. The van der Waals surface area contributed by atoms with E-state index in [9.17, 15) is 143 Å². The molecule has 43 heteroatoms. The fraction of sp³-hybridized carbons (Fsp3) is 0.980. The van der Waals surface area contributed by atoms with E-state index in [1.54, 1.807) is 0 Å². The third kappa shape index (κ3) is 15.9. The summed E-state index contributed by atoms with van der Waals surface area (Å²) in [4.78, 5) is 12.2. The predicted octanol–water partition coefficient (Wildman–Crippen LogP) is -18.6. The van der Waals surface area contributed by atoms with E-state index < -0.39 is 310 Å². The number of aliphatic hydroxyl groups excluding tert-OH is 25. The summed E-state index contributed by atoms with van der Waals surface area (Å²) < 4.78 is 86.9. The van der Waals surface area contributed by atoms with Crippen molar-refractivity contribution in [3.05, 3.63) is 0 Å². The van der Waals surface area contributed by atoms with Crippen molar-refractivity contribution in [2.45, 2.75) is 252 Å². The highest BCUT2D eigenvalue weighted by Gasteiger charge is 2.61. The molecule has 8 heterocycles. The number of carboxylic acid groups (broad SMARTS) is 1. The first-order chi connectivity index (χ1) is 43.9. The minimum absolute atomic E-state index is 0.931. The molecular weight excluding hydrogens is 1290 g/mol. The van der Waals surface area contributed by atoms with Crippen LogP contribution in [0.25, 0.3) is 0 Å². The van der Waals surface area contributed by atoms with Crippen molar-refractivity contribution in [2.24, 2.45) is 0 Å². The highest BCUT2D eigenvalue weighted by atomic mass is 16.8. The second-order valence-corrected chi connectivity index (χ2v) is 23.4. The van der Waals surface area contributed by atoms with Crippen molar-refractivity contribution in [3.8, 4) is 0 Å². The zero-order valence-corrected chi connectivity index (χ0v) is 48.5. The normalized spacial score (nSPS) is 52.1. The van der Waals surface area contributed by atoms with Gasteiger partial charge in [-0.05, 0) is 0 Å². The van der Waals surface area contributed by atoms with Gasteiger partial charge in [0.05, 0.1) is 59.0 Å². The monoisotopic (exact) mass is 1370 g/mol. The molecule has 40 atom stereocenters. The van der Waals surface area contributed by atoms with Gasteiger partial charge in [-0.25, -0.2) is 4.79 Å². The molecule has 93 heavy (non-hydrogen) atoms. The SMILES string of the molecule is O=C(O)[C@@]1(O)C[C@@H](O)[C@@H](O[C@H]2O[C@H](CO[C@@H]3O[C@H](CO)[C@@H](O)[C@H](O)[C@H]3O[C@H]3O[C@H](CO)[C@@H](O[C@@H]4O[C@H](CO)[C@H](O)[C@H](O)[C@H]4O)[C@H](O)[C@H]3O)[C@@H](O[C@@H]3O[C@H](CO)[C@@H](O)[C@H](O)[C@H]3O[C@H]3O[C@H](CO)[C@@H](O)[C@H](O)[C@H]3O)[C@H](O[C@@H]3O[C@H](CO)[C@@H](O)[C@H](O)[C@H]3O)[C@H]2O)[C@@H]([C@H](O)CO)O1. The van der Waals surface area contributed by atoms with Gasteiger partial charge in [0.25, 0.3) is 5.79 Å². The number of rotatable bonds is 24. The van der Waals surface area contributed by atoms with Crippen LogP contribution in [0.2, 0.25) is 0 Å². The average molecular weight is 1370 g/mol. The van der Waals surface area contributed by atoms with Crippen molar-refractivity contribution in [1.29, 1.82) is 0 Å². The fourth-order valence-corrected chi connectivity index (χ4v) is 11.8. The van der Waals surface area contributed by atoms with Gasteiger partial charge < -0.3 is 209 Å². The summed E-state index contributed by atoms with van der Waals surface area (Å²) >= 11 is 0. The lowest BCUT2D eigenvalue weighted by atomic mass is 9.92. The molecular formula is C50H84O43. The lowest BCUT2D eigenvalue weighted by molar-refractivity contribution is -0.413. The van der Waals surface area contributed by atoms with Crippen LogP contribution in [0.5, 0.6) is 0 Å². The molecule has 0 aromatic heterocycles. The Kier molecular flexibility index (Phi) is 26.7. The topological polar surface area (TPSA) is 702 Å². The van der Waals surface area contributed by atoms with Gasteiger partial charge in [0.15, 0.2) is 44.0 Å². The van der Waals surface area contributed by atoms with E-state index in [0.717, 1.165) is 0 Å².